The highest BCUT2D eigenvalue weighted by Crippen LogP contribution is 2.20. The number of hydrogen-bond acceptors (Lipinski definition) is 7. The molecule has 0 aromatic heterocycles. The lowest BCUT2D eigenvalue weighted by molar-refractivity contribution is -0.146. The quantitative estimate of drug-likeness (QED) is 0.215. The zero-order valence-corrected chi connectivity index (χ0v) is 16.5. The number of primary amides is 1. The van der Waals surface area contributed by atoms with Crippen molar-refractivity contribution in [3.8, 4) is 0 Å². The minimum atomic E-state index is -1.36. The Balaban J connectivity index is 2.96. The molecule has 1 heterocycles. The smallest absolute Gasteiger partial charge is 0.326 e. The summed E-state index contributed by atoms with van der Waals surface area (Å²) in [5, 5.41) is 22.9. The molecule has 8 N–H and O–H groups in total. The number of carbonyl (C=O) groups excluding carboxylic acids is 4. The number of nitrogens with zero attached hydrogens (tertiary/aromatic N) is 1. The molecule has 1 rings (SSSR count). The van der Waals surface area contributed by atoms with Crippen LogP contribution in [0, 0.1) is 5.92 Å². The van der Waals surface area contributed by atoms with Gasteiger partial charge in [0.1, 0.15) is 24.2 Å². The first-order valence-corrected chi connectivity index (χ1v) is 9.28. The van der Waals surface area contributed by atoms with E-state index < -0.39 is 66.8 Å². The van der Waals surface area contributed by atoms with Crippen LogP contribution in [0.25, 0.3) is 0 Å². The van der Waals surface area contributed by atoms with E-state index in [0.29, 0.717) is 12.8 Å². The van der Waals surface area contributed by atoms with Gasteiger partial charge in [-0.1, -0.05) is 13.8 Å². The van der Waals surface area contributed by atoms with E-state index >= 15 is 0 Å². The highest BCUT2D eigenvalue weighted by Gasteiger charge is 2.39. The van der Waals surface area contributed by atoms with Crippen LogP contribution in [0.4, 0.5) is 0 Å². The molecular formula is C17H29N5O7. The van der Waals surface area contributed by atoms with Crippen molar-refractivity contribution in [1.82, 2.24) is 15.5 Å². The number of carboxylic acid groups (broad SMARTS) is 1. The SMILES string of the molecule is CC(C)C(NC(=O)C1CCCN1C(=O)C(CC(N)=O)NC(=O)C(N)CO)C(=O)O. The van der Waals surface area contributed by atoms with Gasteiger partial charge in [0.2, 0.25) is 23.6 Å². The van der Waals surface area contributed by atoms with Crippen LogP contribution in [0.5, 0.6) is 0 Å². The van der Waals surface area contributed by atoms with Gasteiger partial charge < -0.3 is 37.2 Å². The maximum Gasteiger partial charge on any atom is 0.326 e. The van der Waals surface area contributed by atoms with E-state index in [1.807, 2.05) is 0 Å². The zero-order valence-electron chi connectivity index (χ0n) is 16.5. The number of carboxylic acids is 1. The molecule has 29 heavy (non-hydrogen) atoms. The summed E-state index contributed by atoms with van der Waals surface area (Å²) in [6, 6.07) is -4.71. The third kappa shape index (κ3) is 6.68. The summed E-state index contributed by atoms with van der Waals surface area (Å²) in [6.45, 7) is 2.80. The van der Waals surface area contributed by atoms with E-state index in [1.165, 1.54) is 4.90 Å². The van der Waals surface area contributed by atoms with Crippen molar-refractivity contribution in [3.05, 3.63) is 0 Å². The topological polar surface area (TPSA) is 205 Å². The Hall–Kier alpha value is -2.73. The van der Waals surface area contributed by atoms with E-state index in [-0.39, 0.29) is 12.5 Å². The summed E-state index contributed by atoms with van der Waals surface area (Å²) in [5.41, 5.74) is 10.6. The van der Waals surface area contributed by atoms with Gasteiger partial charge in [-0.05, 0) is 18.8 Å². The van der Waals surface area contributed by atoms with Crippen molar-refractivity contribution in [1.29, 1.82) is 0 Å². The first kappa shape index (κ1) is 24.3. The van der Waals surface area contributed by atoms with Crippen molar-refractivity contribution >= 4 is 29.6 Å². The summed E-state index contributed by atoms with van der Waals surface area (Å²) >= 11 is 0. The maximum atomic E-state index is 12.9. The van der Waals surface area contributed by atoms with Crippen molar-refractivity contribution in [2.45, 2.75) is 57.3 Å². The van der Waals surface area contributed by atoms with Gasteiger partial charge in [-0.3, -0.25) is 19.2 Å². The number of likely N-dealkylation sites (tertiary alicyclic amines) is 1. The molecule has 1 aliphatic heterocycles. The number of rotatable bonds is 10. The standard InChI is InChI=1S/C17H29N5O7/c1-8(2)13(17(28)29)21-15(26)11-4-3-5-22(11)16(27)10(6-12(19)24)20-14(25)9(18)7-23/h8-11,13,23H,3-7,18H2,1-2H3,(H2,19,24)(H,20,25)(H,21,26)(H,28,29). The molecule has 0 spiro atoms. The Labute approximate surface area is 168 Å². The predicted molar refractivity (Wildman–Crippen MR) is 99.9 cm³/mol. The lowest BCUT2D eigenvalue weighted by atomic mass is 10.0. The molecule has 0 radical (unpaired) electrons. The number of amides is 4. The first-order valence-electron chi connectivity index (χ1n) is 9.28. The summed E-state index contributed by atoms with van der Waals surface area (Å²) in [6.07, 6.45) is 0.267. The van der Waals surface area contributed by atoms with Crippen LogP contribution in [0.1, 0.15) is 33.1 Å². The molecule has 1 saturated heterocycles. The van der Waals surface area contributed by atoms with Gasteiger partial charge in [-0.15, -0.1) is 0 Å². The molecule has 164 valence electrons. The second-order valence-electron chi connectivity index (χ2n) is 7.28. The summed E-state index contributed by atoms with van der Waals surface area (Å²) < 4.78 is 0. The molecule has 0 aliphatic carbocycles. The van der Waals surface area contributed by atoms with E-state index in [2.05, 4.69) is 10.6 Å². The number of aliphatic carboxylic acids is 1. The zero-order chi connectivity index (χ0) is 22.3. The number of nitrogens with two attached hydrogens (primary N) is 2. The predicted octanol–water partition coefficient (Wildman–Crippen LogP) is -3.12. The van der Waals surface area contributed by atoms with Crippen molar-refractivity contribution in [2.75, 3.05) is 13.2 Å². The van der Waals surface area contributed by atoms with Crippen LogP contribution in [0.2, 0.25) is 0 Å². The van der Waals surface area contributed by atoms with Gasteiger partial charge in [0, 0.05) is 6.54 Å². The molecule has 0 aromatic rings. The Kier molecular flexibility index (Phi) is 8.98. The second-order valence-corrected chi connectivity index (χ2v) is 7.28. The van der Waals surface area contributed by atoms with E-state index in [4.69, 9.17) is 16.6 Å². The summed E-state index contributed by atoms with van der Waals surface area (Å²) in [7, 11) is 0. The Morgan fingerprint density at radius 3 is 2.28 bits per heavy atom. The highest BCUT2D eigenvalue weighted by molar-refractivity contribution is 5.96. The van der Waals surface area contributed by atoms with Crippen LogP contribution in [-0.2, 0) is 24.0 Å². The van der Waals surface area contributed by atoms with Gasteiger partial charge in [-0.2, -0.15) is 0 Å². The third-order valence-electron chi connectivity index (χ3n) is 4.62. The fourth-order valence-electron chi connectivity index (χ4n) is 3.03. The van der Waals surface area contributed by atoms with Crippen LogP contribution >= 0.6 is 0 Å². The average molecular weight is 415 g/mol. The minimum Gasteiger partial charge on any atom is -0.480 e. The molecule has 0 bridgehead atoms. The van der Waals surface area contributed by atoms with Crippen LogP contribution in [0.3, 0.4) is 0 Å². The Morgan fingerprint density at radius 1 is 1.17 bits per heavy atom. The van der Waals surface area contributed by atoms with Gasteiger partial charge in [0.15, 0.2) is 0 Å². The summed E-state index contributed by atoms with van der Waals surface area (Å²) in [5.74, 6) is -4.61. The van der Waals surface area contributed by atoms with Gasteiger partial charge in [0.05, 0.1) is 13.0 Å². The van der Waals surface area contributed by atoms with E-state index in [0.717, 1.165) is 0 Å². The number of aliphatic hydroxyl groups is 1. The van der Waals surface area contributed by atoms with Crippen molar-refractivity contribution < 1.29 is 34.2 Å². The van der Waals surface area contributed by atoms with Gasteiger partial charge >= 0.3 is 5.97 Å². The molecule has 1 aliphatic rings. The molecule has 12 heteroatoms. The molecule has 1 fully saturated rings. The monoisotopic (exact) mass is 415 g/mol. The number of aliphatic hydroxyl groups excluding tert-OH is 1. The number of carbonyl (C=O) groups is 5. The van der Waals surface area contributed by atoms with Gasteiger partial charge in [0.25, 0.3) is 0 Å². The van der Waals surface area contributed by atoms with Crippen molar-refractivity contribution in [2.24, 2.45) is 17.4 Å². The van der Waals surface area contributed by atoms with Crippen molar-refractivity contribution in [3.63, 3.8) is 0 Å². The summed E-state index contributed by atoms with van der Waals surface area (Å²) in [4.78, 5) is 61.3. The fourth-order valence-corrected chi connectivity index (χ4v) is 3.03. The first-order chi connectivity index (χ1) is 13.5. The lowest BCUT2D eigenvalue weighted by Gasteiger charge is -2.30. The van der Waals surface area contributed by atoms with Crippen LogP contribution in [-0.4, -0.2) is 82.0 Å². The maximum absolute atomic E-state index is 12.9. The number of hydrogen-bond donors (Lipinski definition) is 6. The van der Waals surface area contributed by atoms with E-state index in [1.54, 1.807) is 13.8 Å². The highest BCUT2D eigenvalue weighted by atomic mass is 16.4. The molecule has 0 saturated carbocycles. The lowest BCUT2D eigenvalue weighted by Crippen LogP contribution is -2.58. The fraction of sp³-hybridized carbons (Fsp3) is 0.706. The normalized spacial score (nSPS) is 19.3. The molecule has 4 amide bonds. The molecule has 4 atom stereocenters. The van der Waals surface area contributed by atoms with E-state index in [9.17, 15) is 29.1 Å². The second kappa shape index (κ2) is 10.7. The molecule has 12 nitrogen and oxygen atoms in total. The minimum absolute atomic E-state index is 0.188. The Bertz CT molecular complexity index is 654. The van der Waals surface area contributed by atoms with Crippen LogP contribution in [0.15, 0.2) is 0 Å². The third-order valence-corrected chi connectivity index (χ3v) is 4.62. The Morgan fingerprint density at radius 2 is 1.79 bits per heavy atom. The number of nitrogens with one attached hydrogen (secondary N) is 2. The van der Waals surface area contributed by atoms with Gasteiger partial charge in [-0.25, -0.2) is 4.79 Å². The molecule has 0 aromatic carbocycles. The largest absolute Gasteiger partial charge is 0.480 e. The molecular weight excluding hydrogens is 386 g/mol. The average Bonchev–Trinajstić information content (AvgIpc) is 3.12. The molecule has 4 unspecified atom stereocenters. The van der Waals surface area contributed by atoms with Crippen LogP contribution < -0.4 is 22.1 Å².